The van der Waals surface area contributed by atoms with Crippen molar-refractivity contribution in [2.75, 3.05) is 5.75 Å². The zero-order valence-electron chi connectivity index (χ0n) is 10.8. The van der Waals surface area contributed by atoms with Gasteiger partial charge in [-0.15, -0.1) is 23.1 Å². The summed E-state index contributed by atoms with van der Waals surface area (Å²) in [4.78, 5) is 11.7. The van der Waals surface area contributed by atoms with Gasteiger partial charge < -0.3 is 5.11 Å². The predicted molar refractivity (Wildman–Crippen MR) is 78.5 cm³/mol. The molecule has 2 aliphatic rings. The highest BCUT2D eigenvalue weighted by molar-refractivity contribution is 8.01. The predicted octanol–water partition coefficient (Wildman–Crippen LogP) is 1.55. The Hall–Kier alpha value is -1.08. The van der Waals surface area contributed by atoms with E-state index >= 15 is 0 Å². The van der Waals surface area contributed by atoms with Crippen LogP contribution in [0.1, 0.15) is 17.7 Å². The van der Waals surface area contributed by atoms with Crippen LogP contribution in [0.3, 0.4) is 0 Å². The number of nitriles is 1. The quantitative estimate of drug-likeness (QED) is 0.890. The van der Waals surface area contributed by atoms with E-state index in [0.717, 1.165) is 28.5 Å². The molecule has 0 bridgehead atoms. The highest BCUT2D eigenvalue weighted by atomic mass is 32.2. The molecule has 0 spiro atoms. The van der Waals surface area contributed by atoms with E-state index in [1.165, 1.54) is 23.9 Å². The highest BCUT2D eigenvalue weighted by Crippen LogP contribution is 2.47. The third-order valence-corrected chi connectivity index (χ3v) is 8.46. The summed E-state index contributed by atoms with van der Waals surface area (Å²) in [6, 6.07) is 3.70. The van der Waals surface area contributed by atoms with Crippen LogP contribution in [0.25, 0.3) is 0 Å². The zero-order chi connectivity index (χ0) is 15.2. The molecule has 2 unspecified atom stereocenters. The van der Waals surface area contributed by atoms with Crippen LogP contribution in [-0.2, 0) is 14.8 Å². The van der Waals surface area contributed by atoms with Gasteiger partial charge in [-0.2, -0.15) is 9.57 Å². The number of aliphatic carboxylic acids is 1. The van der Waals surface area contributed by atoms with E-state index in [0.29, 0.717) is 4.88 Å². The second-order valence-corrected chi connectivity index (χ2v) is 9.28. The molecule has 2 heterocycles. The van der Waals surface area contributed by atoms with Gasteiger partial charge in [0.25, 0.3) is 10.0 Å². The first-order chi connectivity index (χ1) is 9.95. The standard InChI is InChI=1S/C12H12N2O4S3/c13-5-8-3-4-10(20-8)21(17,18)14-9(12(15)16)6-19-11(14)7-1-2-7/h3-4,7,9,11H,1-2,6H2,(H,15,16). The second kappa shape index (κ2) is 5.28. The molecule has 0 radical (unpaired) electrons. The summed E-state index contributed by atoms with van der Waals surface area (Å²) in [5.41, 5.74) is 0. The molecule has 3 rings (SSSR count). The molecular formula is C12H12N2O4S3. The Morgan fingerprint density at radius 1 is 1.43 bits per heavy atom. The molecular weight excluding hydrogens is 332 g/mol. The molecule has 1 aliphatic heterocycles. The van der Waals surface area contributed by atoms with Crippen molar-refractivity contribution in [3.63, 3.8) is 0 Å². The summed E-state index contributed by atoms with van der Waals surface area (Å²) in [6.07, 6.45) is 1.87. The van der Waals surface area contributed by atoms with Crippen molar-refractivity contribution in [1.29, 1.82) is 5.26 Å². The lowest BCUT2D eigenvalue weighted by Gasteiger charge is -2.25. The molecule has 0 amide bonds. The Balaban J connectivity index is 2.00. The molecule has 21 heavy (non-hydrogen) atoms. The van der Waals surface area contributed by atoms with Crippen LogP contribution >= 0.6 is 23.1 Å². The number of carboxylic acids is 1. The average molecular weight is 344 g/mol. The molecule has 9 heteroatoms. The van der Waals surface area contributed by atoms with Gasteiger partial charge in [0.05, 0.1) is 5.37 Å². The van der Waals surface area contributed by atoms with Crippen molar-refractivity contribution < 1.29 is 18.3 Å². The number of thioether (sulfide) groups is 1. The number of hydrogen-bond acceptors (Lipinski definition) is 6. The van der Waals surface area contributed by atoms with Gasteiger partial charge >= 0.3 is 5.97 Å². The van der Waals surface area contributed by atoms with E-state index in [-0.39, 0.29) is 21.3 Å². The summed E-state index contributed by atoms with van der Waals surface area (Å²) in [7, 11) is -3.88. The Morgan fingerprint density at radius 3 is 2.67 bits per heavy atom. The summed E-state index contributed by atoms with van der Waals surface area (Å²) in [5.74, 6) is -0.609. The van der Waals surface area contributed by atoms with Crippen LogP contribution in [0.5, 0.6) is 0 Å². The molecule has 1 aliphatic carbocycles. The molecule has 1 aromatic heterocycles. The minimum absolute atomic E-state index is 0.0402. The van der Waals surface area contributed by atoms with Crippen molar-refractivity contribution >= 4 is 39.1 Å². The van der Waals surface area contributed by atoms with Crippen molar-refractivity contribution in [3.05, 3.63) is 17.0 Å². The van der Waals surface area contributed by atoms with Gasteiger partial charge in [-0.1, -0.05) is 0 Å². The Kier molecular flexibility index (Phi) is 3.73. The molecule has 0 aromatic carbocycles. The first-order valence-corrected chi connectivity index (χ1v) is 9.63. The Morgan fingerprint density at radius 2 is 2.14 bits per heavy atom. The maximum absolute atomic E-state index is 12.8. The third-order valence-electron chi connectivity index (χ3n) is 3.52. The molecule has 1 saturated heterocycles. The average Bonchev–Trinajstić information content (AvgIpc) is 3.01. The van der Waals surface area contributed by atoms with Gasteiger partial charge in [-0.25, -0.2) is 8.42 Å². The van der Waals surface area contributed by atoms with Crippen LogP contribution in [0.2, 0.25) is 0 Å². The Labute approximate surface area is 130 Å². The van der Waals surface area contributed by atoms with E-state index in [4.69, 9.17) is 5.26 Å². The van der Waals surface area contributed by atoms with Gasteiger partial charge in [-0.05, 0) is 30.9 Å². The smallest absolute Gasteiger partial charge is 0.322 e. The summed E-state index contributed by atoms with van der Waals surface area (Å²) >= 11 is 2.28. The van der Waals surface area contributed by atoms with Crippen LogP contribution in [0.15, 0.2) is 16.3 Å². The largest absolute Gasteiger partial charge is 0.480 e. The fourth-order valence-corrected chi connectivity index (χ4v) is 7.36. The Bertz CT molecular complexity index is 717. The summed E-state index contributed by atoms with van der Waals surface area (Å²) < 4.78 is 26.7. The fraction of sp³-hybridized carbons (Fsp3) is 0.500. The minimum atomic E-state index is -3.88. The number of carbonyl (C=O) groups is 1. The van der Waals surface area contributed by atoms with Crippen molar-refractivity contribution in [2.24, 2.45) is 5.92 Å². The first-order valence-electron chi connectivity index (χ1n) is 6.33. The molecule has 112 valence electrons. The van der Waals surface area contributed by atoms with Gasteiger partial charge in [0, 0.05) is 5.75 Å². The van der Waals surface area contributed by atoms with Gasteiger partial charge in [0.2, 0.25) is 0 Å². The van der Waals surface area contributed by atoms with E-state index in [2.05, 4.69) is 0 Å². The maximum Gasteiger partial charge on any atom is 0.322 e. The van der Waals surface area contributed by atoms with Gasteiger partial charge in [0.15, 0.2) is 0 Å². The summed E-state index contributed by atoms with van der Waals surface area (Å²) in [5, 5.41) is 17.8. The van der Waals surface area contributed by atoms with Crippen LogP contribution < -0.4 is 0 Å². The molecule has 1 aromatic rings. The highest BCUT2D eigenvalue weighted by Gasteiger charge is 2.51. The maximum atomic E-state index is 12.8. The monoisotopic (exact) mass is 344 g/mol. The number of sulfonamides is 1. The van der Waals surface area contributed by atoms with E-state index in [1.807, 2.05) is 6.07 Å². The van der Waals surface area contributed by atoms with Crippen molar-refractivity contribution in [2.45, 2.75) is 28.5 Å². The molecule has 2 fully saturated rings. The van der Waals surface area contributed by atoms with Crippen molar-refractivity contribution in [3.8, 4) is 6.07 Å². The number of nitrogens with zero attached hydrogens (tertiary/aromatic N) is 2. The third kappa shape index (κ3) is 2.57. The first kappa shape index (κ1) is 14.8. The van der Waals surface area contributed by atoms with E-state index < -0.39 is 22.0 Å². The molecule has 2 atom stereocenters. The molecule has 1 saturated carbocycles. The normalized spacial score (nSPS) is 26.6. The fourth-order valence-electron chi connectivity index (χ4n) is 2.35. The zero-order valence-corrected chi connectivity index (χ0v) is 13.2. The number of hydrogen-bond donors (Lipinski definition) is 1. The van der Waals surface area contributed by atoms with E-state index in [9.17, 15) is 18.3 Å². The molecule has 6 nitrogen and oxygen atoms in total. The number of carboxylic acid groups (broad SMARTS) is 1. The van der Waals surface area contributed by atoms with Crippen LogP contribution in [0, 0.1) is 17.2 Å². The van der Waals surface area contributed by atoms with Crippen LogP contribution in [0.4, 0.5) is 0 Å². The second-order valence-electron chi connectivity index (χ2n) is 4.98. The topological polar surface area (TPSA) is 98.5 Å². The lowest BCUT2D eigenvalue weighted by atomic mass is 10.3. The summed E-state index contributed by atoms with van der Waals surface area (Å²) in [6.45, 7) is 0. The molecule has 1 N–H and O–H groups in total. The van der Waals surface area contributed by atoms with Crippen molar-refractivity contribution in [1.82, 2.24) is 4.31 Å². The number of rotatable bonds is 4. The lowest BCUT2D eigenvalue weighted by molar-refractivity contribution is -0.140. The van der Waals surface area contributed by atoms with Gasteiger partial charge in [0.1, 0.15) is 21.2 Å². The van der Waals surface area contributed by atoms with E-state index in [1.54, 1.807) is 0 Å². The van der Waals surface area contributed by atoms with Gasteiger partial charge in [-0.3, -0.25) is 4.79 Å². The lowest BCUT2D eigenvalue weighted by Crippen LogP contribution is -2.45. The SMILES string of the molecule is N#Cc1ccc(S(=O)(=O)N2C(C(=O)O)CSC2C2CC2)s1. The number of thiophene rings is 1. The van der Waals surface area contributed by atoms with Crippen LogP contribution in [-0.4, -0.2) is 41.0 Å². The minimum Gasteiger partial charge on any atom is -0.480 e.